The van der Waals surface area contributed by atoms with E-state index in [1.165, 1.54) is 0 Å². The zero-order valence-electron chi connectivity index (χ0n) is 50.3. The van der Waals surface area contributed by atoms with E-state index in [1.807, 2.05) is 13.8 Å². The molecule has 0 aromatic rings. The van der Waals surface area contributed by atoms with Crippen LogP contribution in [0.25, 0.3) is 0 Å². The van der Waals surface area contributed by atoms with Crippen LogP contribution < -0.4 is 0 Å². The minimum Gasteiger partial charge on any atom is -0.395 e. The Morgan fingerprint density at radius 1 is 0.241 bits per heavy atom. The summed E-state index contributed by atoms with van der Waals surface area (Å²) in [5.41, 5.74) is -2.62. The van der Waals surface area contributed by atoms with Gasteiger partial charge in [-0.1, -0.05) is 13.8 Å². The van der Waals surface area contributed by atoms with Gasteiger partial charge in [-0.25, -0.2) is 0 Å². The standard InChI is InChI=1S/C54H116N6O23/c1-3-5-55(6-4-2)27-47(71)33-77-39-53(40-78-34-48(72)28-56(7-17-61)8-18-62,41-79-35-49(73)29-57(9-19-63)10-20-64)45-83-46-54(42-80-36-50(74)30-58(11-21-65)12-22-66,43-81-37-51(75)31-59(13-23-67)14-24-68)44-82-38-52(76)32-60(15-25-69)16-26-70/h47-52,61-76H,3-46H2,1-2H3. The molecule has 0 aromatic carbocycles. The molecular weight excluding hydrogens is 1100 g/mol. The first-order valence-electron chi connectivity index (χ1n) is 29.6. The number of hydrogen-bond acceptors (Lipinski definition) is 29. The van der Waals surface area contributed by atoms with E-state index in [4.69, 9.17) is 33.2 Å². The van der Waals surface area contributed by atoms with Crippen LogP contribution in [-0.2, 0) is 33.2 Å². The van der Waals surface area contributed by atoms with Crippen molar-refractivity contribution in [3.05, 3.63) is 0 Å². The second-order valence-corrected chi connectivity index (χ2v) is 21.5. The zero-order chi connectivity index (χ0) is 62.0. The normalized spacial score (nSPS) is 16.2. The summed E-state index contributed by atoms with van der Waals surface area (Å²) in [4.78, 5) is 10.4. The van der Waals surface area contributed by atoms with Gasteiger partial charge in [-0.05, 0) is 25.9 Å². The molecule has 0 heterocycles. The molecule has 0 rings (SSSR count). The smallest absolute Gasteiger partial charge is 0.0900 e. The molecule has 16 N–H and O–H groups in total. The summed E-state index contributed by atoms with van der Waals surface area (Å²) in [6, 6.07) is 0. The van der Waals surface area contributed by atoms with Crippen molar-refractivity contribution >= 4 is 0 Å². The van der Waals surface area contributed by atoms with Gasteiger partial charge in [0, 0.05) is 105 Å². The molecule has 29 nitrogen and oxygen atoms in total. The molecule has 83 heavy (non-hydrogen) atoms. The molecule has 6 unspecified atom stereocenters. The number of nitrogens with zero attached hydrogens (tertiary/aromatic N) is 6. The molecule has 0 spiro atoms. The third-order valence-electron chi connectivity index (χ3n) is 13.2. The highest BCUT2D eigenvalue weighted by atomic mass is 16.5. The fourth-order valence-corrected chi connectivity index (χ4v) is 9.37. The maximum absolute atomic E-state index is 11.3. The largest absolute Gasteiger partial charge is 0.395 e. The highest BCUT2D eigenvalue weighted by Crippen LogP contribution is 2.27. The Hall–Kier alpha value is -1.16. The van der Waals surface area contributed by atoms with Gasteiger partial charge >= 0.3 is 0 Å². The zero-order valence-corrected chi connectivity index (χ0v) is 50.3. The Balaban J connectivity index is 7.59. The first kappa shape index (κ1) is 81.8. The van der Waals surface area contributed by atoms with Crippen LogP contribution in [0.2, 0.25) is 0 Å². The maximum Gasteiger partial charge on any atom is 0.0900 e. The number of aliphatic hydroxyl groups excluding tert-OH is 16. The molecule has 0 amide bonds. The summed E-state index contributed by atoms with van der Waals surface area (Å²) >= 11 is 0. The van der Waals surface area contributed by atoms with Crippen LogP contribution >= 0.6 is 0 Å². The fourth-order valence-electron chi connectivity index (χ4n) is 9.37. The van der Waals surface area contributed by atoms with Gasteiger partial charge in [0.05, 0.1) is 206 Å². The number of rotatable bonds is 64. The summed E-state index contributed by atoms with van der Waals surface area (Å²) in [6.07, 6.45) is -4.69. The van der Waals surface area contributed by atoms with Crippen molar-refractivity contribution in [3.63, 3.8) is 0 Å². The summed E-state index contributed by atoms with van der Waals surface area (Å²) in [7, 11) is 0. The van der Waals surface area contributed by atoms with Crippen molar-refractivity contribution in [1.29, 1.82) is 0 Å². The van der Waals surface area contributed by atoms with Crippen molar-refractivity contribution in [3.8, 4) is 0 Å². The Labute approximate surface area is 493 Å². The van der Waals surface area contributed by atoms with Crippen LogP contribution in [-0.4, -0.2) is 424 Å². The predicted octanol–water partition coefficient (Wildman–Crippen LogP) is -8.20. The van der Waals surface area contributed by atoms with Crippen LogP contribution in [0.1, 0.15) is 26.7 Å². The SMILES string of the molecule is CCCN(CCC)CC(O)COCC(COCC(O)CN(CCO)CCO)(COCC(O)CN(CCO)CCO)COCC(COCC(O)CN(CCO)CCO)(COCC(O)CN(CCO)CCO)COCC(O)CN(CCO)CCO. The van der Waals surface area contributed by atoms with Gasteiger partial charge in [0.2, 0.25) is 0 Å². The van der Waals surface area contributed by atoms with Gasteiger partial charge in [0.25, 0.3) is 0 Å². The quantitative estimate of drug-likeness (QED) is 0.0269. The number of hydrogen-bond donors (Lipinski definition) is 16. The van der Waals surface area contributed by atoms with Crippen molar-refractivity contribution in [1.82, 2.24) is 29.4 Å². The molecule has 0 aromatic heterocycles. The van der Waals surface area contributed by atoms with Crippen LogP contribution in [0, 0.1) is 10.8 Å². The third kappa shape index (κ3) is 42.4. The van der Waals surface area contributed by atoms with E-state index >= 15 is 0 Å². The Kier molecular flexibility index (Phi) is 53.1. The molecule has 0 aliphatic rings. The molecule has 0 fully saturated rings. The Bertz CT molecular complexity index is 1130. The lowest BCUT2D eigenvalue weighted by molar-refractivity contribution is -0.158. The number of ether oxygens (including phenoxy) is 7. The molecule has 6 atom stereocenters. The monoisotopic (exact) mass is 1220 g/mol. The van der Waals surface area contributed by atoms with E-state index in [9.17, 15) is 81.7 Å². The Morgan fingerprint density at radius 2 is 0.386 bits per heavy atom. The molecule has 0 saturated heterocycles. The van der Waals surface area contributed by atoms with Crippen molar-refractivity contribution in [2.24, 2.45) is 10.8 Å². The van der Waals surface area contributed by atoms with E-state index in [0.717, 1.165) is 25.9 Å². The Morgan fingerprint density at radius 3 is 0.530 bits per heavy atom. The molecule has 0 aliphatic heterocycles. The predicted molar refractivity (Wildman–Crippen MR) is 307 cm³/mol. The second-order valence-electron chi connectivity index (χ2n) is 21.5. The second kappa shape index (κ2) is 53.8. The van der Waals surface area contributed by atoms with Gasteiger partial charge in [-0.3, -0.25) is 24.5 Å². The average Bonchev–Trinajstić information content (AvgIpc) is 3.43. The lowest BCUT2D eigenvalue weighted by Gasteiger charge is -2.38. The lowest BCUT2D eigenvalue weighted by Crippen LogP contribution is -2.48. The molecule has 0 bridgehead atoms. The molecular formula is C54H116N6O23. The van der Waals surface area contributed by atoms with Gasteiger partial charge < -0.3 is 120 Å². The van der Waals surface area contributed by atoms with Gasteiger partial charge in [-0.15, -0.1) is 0 Å². The van der Waals surface area contributed by atoms with E-state index in [-0.39, 0.29) is 257 Å². The topological polar surface area (TPSA) is 408 Å². The summed E-state index contributed by atoms with van der Waals surface area (Å²) in [5, 5.41) is 163. The van der Waals surface area contributed by atoms with E-state index in [2.05, 4.69) is 4.90 Å². The van der Waals surface area contributed by atoms with E-state index < -0.39 is 47.5 Å². The van der Waals surface area contributed by atoms with Gasteiger partial charge in [0.1, 0.15) is 0 Å². The lowest BCUT2D eigenvalue weighted by atomic mass is 9.90. The molecule has 0 aliphatic carbocycles. The summed E-state index contributed by atoms with van der Waals surface area (Å²) < 4.78 is 44.2. The minimum atomic E-state index is -1.33. The molecule has 0 radical (unpaired) electrons. The summed E-state index contributed by atoms with van der Waals surface area (Å²) in [6.45, 7) is 2.59. The summed E-state index contributed by atoms with van der Waals surface area (Å²) in [5.74, 6) is 0. The van der Waals surface area contributed by atoms with Crippen LogP contribution in [0.3, 0.4) is 0 Å². The van der Waals surface area contributed by atoms with Crippen LogP contribution in [0.15, 0.2) is 0 Å². The van der Waals surface area contributed by atoms with Crippen LogP contribution in [0.5, 0.6) is 0 Å². The van der Waals surface area contributed by atoms with Gasteiger partial charge in [-0.2, -0.15) is 0 Å². The molecule has 29 heteroatoms. The van der Waals surface area contributed by atoms with Crippen LogP contribution in [0.4, 0.5) is 0 Å². The van der Waals surface area contributed by atoms with E-state index in [1.54, 1.807) is 24.5 Å². The molecule has 0 saturated carbocycles. The average molecular weight is 1220 g/mol. The fraction of sp³-hybridized carbons (Fsp3) is 1.00. The van der Waals surface area contributed by atoms with Crippen molar-refractivity contribution in [2.75, 3.05) is 276 Å². The van der Waals surface area contributed by atoms with Gasteiger partial charge in [0.15, 0.2) is 0 Å². The minimum absolute atomic E-state index is 0.0318. The van der Waals surface area contributed by atoms with Crippen molar-refractivity contribution in [2.45, 2.75) is 63.3 Å². The van der Waals surface area contributed by atoms with Crippen molar-refractivity contribution < 1.29 is 115 Å². The first-order chi connectivity index (χ1) is 40.0. The molecule has 500 valence electrons. The van der Waals surface area contributed by atoms with E-state index in [0.29, 0.717) is 6.54 Å². The highest BCUT2D eigenvalue weighted by molar-refractivity contribution is 4.85. The highest BCUT2D eigenvalue weighted by Gasteiger charge is 2.38. The third-order valence-corrected chi connectivity index (χ3v) is 13.2. The number of aliphatic hydroxyl groups is 16. The maximum atomic E-state index is 11.3. The first-order valence-corrected chi connectivity index (χ1v) is 29.6.